The summed E-state index contributed by atoms with van der Waals surface area (Å²) in [4.78, 5) is 14.5. The number of rotatable bonds is 8. The number of anilines is 1. The molecule has 0 bridgehead atoms. The molecule has 0 aliphatic heterocycles. The van der Waals surface area contributed by atoms with Crippen LogP contribution in [0.5, 0.6) is 0 Å². The molecule has 5 nitrogen and oxygen atoms in total. The Morgan fingerprint density at radius 2 is 2.10 bits per heavy atom. The lowest BCUT2D eigenvalue weighted by Gasteiger charge is -2.31. The maximum atomic E-state index is 12.4. The predicted molar refractivity (Wildman–Crippen MR) is 86.1 cm³/mol. The molecule has 0 aliphatic carbocycles. The van der Waals surface area contributed by atoms with Crippen LogP contribution in [0.25, 0.3) is 0 Å². The summed E-state index contributed by atoms with van der Waals surface area (Å²) in [7, 11) is 1.67. The molecule has 0 heterocycles. The standard InChI is InChI=1S/C16H27N3O2/c1-12(2)19(8-9-21-4)13(3)16(20)18-15-7-5-6-14(10-15)11-17/h5-7,10,12-13H,8-9,11,17H2,1-4H3,(H,18,20). The van der Waals surface area contributed by atoms with Crippen molar-refractivity contribution in [2.75, 3.05) is 25.6 Å². The fourth-order valence-electron chi connectivity index (χ4n) is 2.27. The fourth-order valence-corrected chi connectivity index (χ4v) is 2.27. The van der Waals surface area contributed by atoms with Gasteiger partial charge in [-0.15, -0.1) is 0 Å². The summed E-state index contributed by atoms with van der Waals surface area (Å²) in [6, 6.07) is 7.67. The zero-order chi connectivity index (χ0) is 15.8. The molecule has 1 aromatic rings. The van der Waals surface area contributed by atoms with Crippen molar-refractivity contribution in [3.05, 3.63) is 29.8 Å². The first kappa shape index (κ1) is 17.6. The average molecular weight is 293 g/mol. The molecule has 118 valence electrons. The van der Waals surface area contributed by atoms with Gasteiger partial charge in [0.15, 0.2) is 0 Å². The normalized spacial score (nSPS) is 12.7. The highest BCUT2D eigenvalue weighted by atomic mass is 16.5. The van der Waals surface area contributed by atoms with E-state index in [2.05, 4.69) is 24.1 Å². The van der Waals surface area contributed by atoms with Crippen LogP contribution in [-0.4, -0.2) is 43.2 Å². The van der Waals surface area contributed by atoms with E-state index in [1.807, 2.05) is 31.2 Å². The van der Waals surface area contributed by atoms with Crippen LogP contribution in [0.2, 0.25) is 0 Å². The first-order valence-electron chi connectivity index (χ1n) is 7.34. The van der Waals surface area contributed by atoms with E-state index >= 15 is 0 Å². The molecule has 1 unspecified atom stereocenters. The van der Waals surface area contributed by atoms with Crippen LogP contribution >= 0.6 is 0 Å². The van der Waals surface area contributed by atoms with Gasteiger partial charge in [0.1, 0.15) is 0 Å². The maximum Gasteiger partial charge on any atom is 0.241 e. The third-order valence-electron chi connectivity index (χ3n) is 3.52. The molecule has 0 aromatic heterocycles. The van der Waals surface area contributed by atoms with Crippen molar-refractivity contribution in [2.24, 2.45) is 5.73 Å². The van der Waals surface area contributed by atoms with Crippen LogP contribution in [0, 0.1) is 0 Å². The number of carbonyl (C=O) groups is 1. The van der Waals surface area contributed by atoms with Crippen molar-refractivity contribution >= 4 is 11.6 Å². The number of amides is 1. The summed E-state index contributed by atoms with van der Waals surface area (Å²) < 4.78 is 5.11. The van der Waals surface area contributed by atoms with Gasteiger partial charge in [-0.05, 0) is 38.5 Å². The maximum absolute atomic E-state index is 12.4. The van der Waals surface area contributed by atoms with E-state index in [-0.39, 0.29) is 18.0 Å². The number of hydrogen-bond acceptors (Lipinski definition) is 4. The number of nitrogens with two attached hydrogens (primary N) is 1. The zero-order valence-corrected chi connectivity index (χ0v) is 13.4. The summed E-state index contributed by atoms with van der Waals surface area (Å²) in [5, 5.41) is 2.95. The molecule has 1 aromatic carbocycles. The summed E-state index contributed by atoms with van der Waals surface area (Å²) >= 11 is 0. The van der Waals surface area contributed by atoms with E-state index in [4.69, 9.17) is 10.5 Å². The molecule has 1 amide bonds. The Balaban J connectivity index is 2.71. The van der Waals surface area contributed by atoms with Crippen molar-refractivity contribution in [3.63, 3.8) is 0 Å². The Morgan fingerprint density at radius 1 is 1.38 bits per heavy atom. The molecule has 0 spiro atoms. The minimum atomic E-state index is -0.221. The largest absolute Gasteiger partial charge is 0.383 e. The summed E-state index contributed by atoms with van der Waals surface area (Å²) in [6.45, 7) is 7.87. The molecule has 1 atom stereocenters. The number of ether oxygens (including phenoxy) is 1. The summed E-state index contributed by atoms with van der Waals surface area (Å²) in [6.07, 6.45) is 0. The molecule has 3 N–H and O–H groups in total. The van der Waals surface area contributed by atoms with Gasteiger partial charge in [-0.25, -0.2) is 0 Å². The third-order valence-corrected chi connectivity index (χ3v) is 3.52. The Labute approximate surface area is 127 Å². The second-order valence-electron chi connectivity index (χ2n) is 5.39. The molecule has 1 rings (SSSR count). The van der Waals surface area contributed by atoms with Gasteiger partial charge in [-0.2, -0.15) is 0 Å². The Morgan fingerprint density at radius 3 is 2.67 bits per heavy atom. The molecule has 0 saturated heterocycles. The molecule has 0 saturated carbocycles. The lowest BCUT2D eigenvalue weighted by Crippen LogP contribution is -2.47. The van der Waals surface area contributed by atoms with Crippen LogP contribution in [0.1, 0.15) is 26.3 Å². The van der Waals surface area contributed by atoms with Gasteiger partial charge in [0, 0.05) is 31.9 Å². The fraction of sp³-hybridized carbons (Fsp3) is 0.562. The van der Waals surface area contributed by atoms with Crippen molar-refractivity contribution in [2.45, 2.75) is 39.4 Å². The first-order valence-corrected chi connectivity index (χ1v) is 7.34. The highest BCUT2D eigenvalue weighted by Crippen LogP contribution is 2.13. The topological polar surface area (TPSA) is 67.6 Å². The van der Waals surface area contributed by atoms with Gasteiger partial charge in [-0.1, -0.05) is 12.1 Å². The van der Waals surface area contributed by atoms with Crippen LogP contribution in [-0.2, 0) is 16.1 Å². The van der Waals surface area contributed by atoms with Crippen LogP contribution in [0.4, 0.5) is 5.69 Å². The van der Waals surface area contributed by atoms with Crippen molar-refractivity contribution in [1.82, 2.24) is 4.90 Å². The molecule has 0 aliphatic rings. The molecule has 5 heteroatoms. The van der Waals surface area contributed by atoms with Gasteiger partial charge in [-0.3, -0.25) is 9.69 Å². The minimum Gasteiger partial charge on any atom is -0.383 e. The number of benzene rings is 1. The van der Waals surface area contributed by atoms with E-state index in [9.17, 15) is 4.79 Å². The number of carbonyl (C=O) groups excluding carboxylic acids is 1. The lowest BCUT2D eigenvalue weighted by atomic mass is 10.1. The Hall–Kier alpha value is -1.43. The number of hydrogen-bond donors (Lipinski definition) is 2. The Bertz CT molecular complexity index is 449. The van der Waals surface area contributed by atoms with Gasteiger partial charge < -0.3 is 15.8 Å². The number of nitrogens with zero attached hydrogens (tertiary/aromatic N) is 1. The van der Waals surface area contributed by atoms with Crippen LogP contribution in [0.15, 0.2) is 24.3 Å². The van der Waals surface area contributed by atoms with E-state index in [1.54, 1.807) is 7.11 Å². The van der Waals surface area contributed by atoms with Crippen molar-refractivity contribution in [1.29, 1.82) is 0 Å². The van der Waals surface area contributed by atoms with Crippen molar-refractivity contribution in [3.8, 4) is 0 Å². The average Bonchev–Trinajstić information content (AvgIpc) is 2.47. The molecular weight excluding hydrogens is 266 g/mol. The quantitative estimate of drug-likeness (QED) is 0.767. The third kappa shape index (κ3) is 5.46. The highest BCUT2D eigenvalue weighted by Gasteiger charge is 2.23. The van der Waals surface area contributed by atoms with E-state index in [0.717, 1.165) is 17.8 Å². The Kier molecular flexibility index (Phi) is 7.36. The van der Waals surface area contributed by atoms with Crippen molar-refractivity contribution < 1.29 is 9.53 Å². The predicted octanol–water partition coefficient (Wildman–Crippen LogP) is 1.83. The van der Waals surface area contributed by atoms with Gasteiger partial charge in [0.25, 0.3) is 0 Å². The summed E-state index contributed by atoms with van der Waals surface area (Å²) in [5.74, 6) is -0.0195. The van der Waals surface area contributed by atoms with Gasteiger partial charge in [0.2, 0.25) is 5.91 Å². The second-order valence-corrected chi connectivity index (χ2v) is 5.39. The number of nitrogens with one attached hydrogen (secondary N) is 1. The first-order chi connectivity index (χ1) is 9.99. The lowest BCUT2D eigenvalue weighted by molar-refractivity contribution is -0.121. The molecule has 0 radical (unpaired) electrons. The summed E-state index contributed by atoms with van der Waals surface area (Å²) in [5.41, 5.74) is 7.40. The van der Waals surface area contributed by atoms with Gasteiger partial charge >= 0.3 is 0 Å². The van der Waals surface area contributed by atoms with E-state index < -0.39 is 0 Å². The van der Waals surface area contributed by atoms with E-state index in [1.165, 1.54) is 0 Å². The van der Waals surface area contributed by atoms with Crippen LogP contribution < -0.4 is 11.1 Å². The highest BCUT2D eigenvalue weighted by molar-refractivity contribution is 5.94. The smallest absolute Gasteiger partial charge is 0.241 e. The SMILES string of the molecule is COCCN(C(C)C)C(C)C(=O)Nc1cccc(CN)c1. The van der Waals surface area contributed by atoms with Crippen LogP contribution in [0.3, 0.4) is 0 Å². The minimum absolute atomic E-state index is 0.0195. The molecule has 0 fully saturated rings. The molecular formula is C16H27N3O2. The number of methoxy groups -OCH3 is 1. The molecule has 21 heavy (non-hydrogen) atoms. The zero-order valence-electron chi connectivity index (χ0n) is 13.4. The van der Waals surface area contributed by atoms with E-state index in [0.29, 0.717) is 13.2 Å². The monoisotopic (exact) mass is 293 g/mol. The van der Waals surface area contributed by atoms with Gasteiger partial charge in [0.05, 0.1) is 12.6 Å². The second kappa shape index (κ2) is 8.77.